The quantitative estimate of drug-likeness (QED) is 0.755. The van der Waals surface area contributed by atoms with Gasteiger partial charge >= 0.3 is 12.0 Å². The number of carboxylic acid groups (broad SMARTS) is 1. The van der Waals surface area contributed by atoms with Crippen LogP contribution in [0.25, 0.3) is 0 Å². The molecule has 2 unspecified atom stereocenters. The Morgan fingerprint density at radius 2 is 2.10 bits per heavy atom. The molecular formula is C15H22N2O3S. The van der Waals surface area contributed by atoms with E-state index in [1.807, 2.05) is 17.5 Å². The van der Waals surface area contributed by atoms with Gasteiger partial charge in [-0.15, -0.1) is 11.3 Å². The Hall–Kier alpha value is -1.56. The maximum atomic E-state index is 11.7. The molecule has 1 heterocycles. The fraction of sp³-hybridized carbons (Fsp3) is 0.600. The third kappa shape index (κ3) is 5.04. The van der Waals surface area contributed by atoms with Crippen molar-refractivity contribution in [3.8, 4) is 0 Å². The molecule has 5 nitrogen and oxygen atoms in total. The van der Waals surface area contributed by atoms with E-state index >= 15 is 0 Å². The fourth-order valence-corrected chi connectivity index (χ4v) is 3.53. The second-order valence-corrected chi connectivity index (χ2v) is 6.49. The Balaban J connectivity index is 1.66. The summed E-state index contributed by atoms with van der Waals surface area (Å²) in [6, 6.07) is 3.83. The first-order chi connectivity index (χ1) is 10.2. The van der Waals surface area contributed by atoms with E-state index in [9.17, 15) is 14.7 Å². The van der Waals surface area contributed by atoms with Crippen LogP contribution in [0.2, 0.25) is 0 Å². The van der Waals surface area contributed by atoms with Gasteiger partial charge in [-0.2, -0.15) is 0 Å². The number of aliphatic carboxylic acids is 1. The van der Waals surface area contributed by atoms with Gasteiger partial charge in [0.05, 0.1) is 5.92 Å². The molecule has 2 rings (SSSR count). The predicted octanol–water partition coefficient (Wildman–Crippen LogP) is 2.48. The van der Waals surface area contributed by atoms with Gasteiger partial charge in [0.15, 0.2) is 0 Å². The number of nitrogens with one attached hydrogen (secondary N) is 2. The van der Waals surface area contributed by atoms with Crippen molar-refractivity contribution in [3.63, 3.8) is 0 Å². The van der Waals surface area contributed by atoms with E-state index in [1.165, 1.54) is 4.88 Å². The summed E-state index contributed by atoms with van der Waals surface area (Å²) in [5, 5.41) is 16.8. The number of amides is 2. The zero-order valence-electron chi connectivity index (χ0n) is 12.0. The van der Waals surface area contributed by atoms with Crippen LogP contribution in [0.5, 0.6) is 0 Å². The standard InChI is InChI=1S/C15H22N2O3S/c18-14(19)13-6-2-1-4-11(13)10-17-15(20)16-8-7-12-5-3-9-21-12/h3,5,9,11,13H,1-2,4,6-8,10H2,(H,18,19)(H2,16,17,20). The van der Waals surface area contributed by atoms with Crippen molar-refractivity contribution in [1.82, 2.24) is 10.6 Å². The number of rotatable bonds is 6. The van der Waals surface area contributed by atoms with Gasteiger partial charge in [0.1, 0.15) is 0 Å². The molecule has 2 atom stereocenters. The van der Waals surface area contributed by atoms with Crippen LogP contribution in [0.3, 0.4) is 0 Å². The van der Waals surface area contributed by atoms with Gasteiger partial charge in [0.25, 0.3) is 0 Å². The number of carbonyl (C=O) groups excluding carboxylic acids is 1. The molecule has 1 aromatic heterocycles. The summed E-state index contributed by atoms with van der Waals surface area (Å²) in [5.41, 5.74) is 0. The summed E-state index contributed by atoms with van der Waals surface area (Å²) in [7, 11) is 0. The third-order valence-electron chi connectivity index (χ3n) is 3.99. The minimum absolute atomic E-state index is 0.0549. The molecule has 3 N–H and O–H groups in total. The summed E-state index contributed by atoms with van der Waals surface area (Å²) in [5.74, 6) is -0.996. The molecule has 1 fully saturated rings. The lowest BCUT2D eigenvalue weighted by molar-refractivity contribution is -0.144. The van der Waals surface area contributed by atoms with E-state index in [0.717, 1.165) is 32.1 Å². The lowest BCUT2D eigenvalue weighted by atomic mass is 9.79. The fourth-order valence-electron chi connectivity index (χ4n) is 2.82. The molecule has 0 saturated heterocycles. The summed E-state index contributed by atoms with van der Waals surface area (Å²) in [4.78, 5) is 24.2. The van der Waals surface area contributed by atoms with Crippen LogP contribution in [-0.2, 0) is 11.2 Å². The topological polar surface area (TPSA) is 78.4 Å². The van der Waals surface area contributed by atoms with Crippen LogP contribution in [0, 0.1) is 11.8 Å². The SMILES string of the molecule is O=C(NCCc1cccs1)NCC1CCCCC1C(=O)O. The van der Waals surface area contributed by atoms with E-state index in [2.05, 4.69) is 10.6 Å². The van der Waals surface area contributed by atoms with Crippen LogP contribution in [0.4, 0.5) is 4.79 Å². The van der Waals surface area contributed by atoms with Crippen molar-refractivity contribution in [2.24, 2.45) is 11.8 Å². The van der Waals surface area contributed by atoms with Gasteiger partial charge < -0.3 is 15.7 Å². The van der Waals surface area contributed by atoms with E-state index in [1.54, 1.807) is 11.3 Å². The van der Waals surface area contributed by atoms with Gasteiger partial charge in [0, 0.05) is 18.0 Å². The van der Waals surface area contributed by atoms with E-state index in [4.69, 9.17) is 0 Å². The molecule has 0 aliphatic heterocycles. The number of thiophene rings is 1. The average molecular weight is 310 g/mol. The van der Waals surface area contributed by atoms with Crippen molar-refractivity contribution >= 4 is 23.3 Å². The Morgan fingerprint density at radius 1 is 1.29 bits per heavy atom. The molecule has 1 aliphatic carbocycles. The maximum absolute atomic E-state index is 11.7. The first kappa shape index (κ1) is 15.8. The highest BCUT2D eigenvalue weighted by Gasteiger charge is 2.30. The van der Waals surface area contributed by atoms with E-state index < -0.39 is 5.97 Å². The first-order valence-electron chi connectivity index (χ1n) is 7.43. The van der Waals surface area contributed by atoms with Crippen LogP contribution < -0.4 is 10.6 Å². The Morgan fingerprint density at radius 3 is 2.81 bits per heavy atom. The third-order valence-corrected chi connectivity index (χ3v) is 4.92. The summed E-state index contributed by atoms with van der Waals surface area (Å²) >= 11 is 1.68. The van der Waals surface area contributed by atoms with Gasteiger partial charge in [-0.1, -0.05) is 18.9 Å². The number of hydrogen-bond acceptors (Lipinski definition) is 3. The van der Waals surface area contributed by atoms with E-state index in [0.29, 0.717) is 13.1 Å². The number of urea groups is 1. The highest BCUT2D eigenvalue weighted by molar-refractivity contribution is 7.09. The zero-order valence-corrected chi connectivity index (χ0v) is 12.8. The molecule has 0 aromatic carbocycles. The molecule has 1 aliphatic rings. The smallest absolute Gasteiger partial charge is 0.314 e. The normalized spacial score (nSPS) is 21.7. The predicted molar refractivity (Wildman–Crippen MR) is 82.5 cm³/mol. The molecule has 0 bridgehead atoms. The van der Waals surface area contributed by atoms with Gasteiger partial charge in [-0.05, 0) is 36.6 Å². The molecular weight excluding hydrogens is 288 g/mol. The highest BCUT2D eigenvalue weighted by Crippen LogP contribution is 2.29. The summed E-state index contributed by atoms with van der Waals surface area (Å²) in [6.45, 7) is 1.04. The lowest BCUT2D eigenvalue weighted by Crippen LogP contribution is -2.42. The average Bonchev–Trinajstić information content (AvgIpc) is 2.98. The molecule has 0 radical (unpaired) electrons. The minimum Gasteiger partial charge on any atom is -0.481 e. The number of hydrogen-bond donors (Lipinski definition) is 3. The molecule has 21 heavy (non-hydrogen) atoms. The molecule has 116 valence electrons. The van der Waals surface area contributed by atoms with E-state index in [-0.39, 0.29) is 17.9 Å². The Kier molecular flexibility index (Phi) is 6.04. The Bertz CT molecular complexity index is 461. The largest absolute Gasteiger partial charge is 0.481 e. The van der Waals surface area contributed by atoms with Crippen LogP contribution in [0.15, 0.2) is 17.5 Å². The lowest BCUT2D eigenvalue weighted by Gasteiger charge is -2.28. The van der Waals surface area contributed by atoms with Crippen molar-refractivity contribution in [2.75, 3.05) is 13.1 Å². The second-order valence-electron chi connectivity index (χ2n) is 5.46. The van der Waals surface area contributed by atoms with Crippen molar-refractivity contribution in [2.45, 2.75) is 32.1 Å². The van der Waals surface area contributed by atoms with Crippen LogP contribution >= 0.6 is 11.3 Å². The Labute approximate surface area is 128 Å². The van der Waals surface area contributed by atoms with Gasteiger partial charge in [0.2, 0.25) is 0 Å². The highest BCUT2D eigenvalue weighted by atomic mass is 32.1. The molecule has 1 saturated carbocycles. The van der Waals surface area contributed by atoms with Crippen molar-refractivity contribution in [3.05, 3.63) is 22.4 Å². The summed E-state index contributed by atoms with van der Waals surface area (Å²) < 4.78 is 0. The molecule has 1 aromatic rings. The molecule has 2 amide bonds. The van der Waals surface area contributed by atoms with Crippen molar-refractivity contribution < 1.29 is 14.7 Å². The van der Waals surface area contributed by atoms with Crippen LogP contribution in [-0.4, -0.2) is 30.2 Å². The molecule has 6 heteroatoms. The minimum atomic E-state index is -0.736. The van der Waals surface area contributed by atoms with Gasteiger partial charge in [-0.3, -0.25) is 4.79 Å². The monoisotopic (exact) mass is 310 g/mol. The van der Waals surface area contributed by atoms with Crippen LogP contribution in [0.1, 0.15) is 30.6 Å². The first-order valence-corrected chi connectivity index (χ1v) is 8.31. The second kappa shape index (κ2) is 8.02. The number of carbonyl (C=O) groups is 2. The molecule has 0 spiro atoms. The summed E-state index contributed by atoms with van der Waals surface area (Å²) in [6.07, 6.45) is 4.46. The van der Waals surface area contributed by atoms with Crippen molar-refractivity contribution in [1.29, 1.82) is 0 Å². The van der Waals surface area contributed by atoms with Gasteiger partial charge in [-0.25, -0.2) is 4.79 Å². The maximum Gasteiger partial charge on any atom is 0.314 e. The number of carboxylic acids is 1. The zero-order chi connectivity index (χ0) is 15.1.